The molecule has 2 atom stereocenters. The van der Waals surface area contributed by atoms with Crippen LogP contribution in [0.3, 0.4) is 0 Å². The first-order valence-electron chi connectivity index (χ1n) is 6.06. The van der Waals surface area contributed by atoms with Gasteiger partial charge in [-0.25, -0.2) is 0 Å². The smallest absolute Gasteiger partial charge is 0.254 e. The molecular formula is C13H18N2O3. The van der Waals surface area contributed by atoms with Crippen molar-refractivity contribution in [3.63, 3.8) is 0 Å². The maximum Gasteiger partial charge on any atom is 0.254 e. The first-order chi connectivity index (χ1) is 8.50. The zero-order valence-electron chi connectivity index (χ0n) is 10.9. The normalized spacial score (nSPS) is 23.1. The van der Waals surface area contributed by atoms with Gasteiger partial charge in [0.1, 0.15) is 0 Å². The Morgan fingerprint density at radius 3 is 2.83 bits per heavy atom. The van der Waals surface area contributed by atoms with Gasteiger partial charge in [0.15, 0.2) is 0 Å². The second-order valence-electron chi connectivity index (χ2n) is 4.71. The summed E-state index contributed by atoms with van der Waals surface area (Å²) in [6, 6.07) is 3.13. The molecule has 0 spiro atoms. The van der Waals surface area contributed by atoms with E-state index in [4.69, 9.17) is 4.74 Å². The number of hydrogen-bond donors (Lipinski definition) is 0. The molecule has 0 aliphatic carbocycles. The Kier molecular flexibility index (Phi) is 3.52. The summed E-state index contributed by atoms with van der Waals surface area (Å²) in [4.78, 5) is 25.5. The van der Waals surface area contributed by atoms with E-state index in [1.165, 1.54) is 10.6 Å². The van der Waals surface area contributed by atoms with Crippen molar-refractivity contribution in [2.24, 2.45) is 7.05 Å². The van der Waals surface area contributed by atoms with Gasteiger partial charge in [-0.05, 0) is 19.4 Å². The molecule has 98 valence electrons. The lowest BCUT2D eigenvalue weighted by Crippen LogP contribution is -2.41. The number of nitrogens with zero attached hydrogens (tertiary/aromatic N) is 2. The number of ether oxygens (including phenoxy) is 1. The average molecular weight is 250 g/mol. The molecule has 2 rings (SSSR count). The minimum absolute atomic E-state index is 0.0468. The second-order valence-corrected chi connectivity index (χ2v) is 4.71. The molecule has 0 radical (unpaired) electrons. The molecule has 2 unspecified atom stereocenters. The summed E-state index contributed by atoms with van der Waals surface area (Å²) in [5, 5.41) is 0. The largest absolute Gasteiger partial charge is 0.376 e. The molecule has 1 aliphatic heterocycles. The van der Waals surface area contributed by atoms with Crippen LogP contribution in [0.2, 0.25) is 0 Å². The van der Waals surface area contributed by atoms with Crippen molar-refractivity contribution in [1.82, 2.24) is 9.47 Å². The second kappa shape index (κ2) is 4.94. The number of aryl methyl sites for hydroxylation is 1. The molecule has 0 aromatic carbocycles. The Morgan fingerprint density at radius 1 is 1.56 bits per heavy atom. The van der Waals surface area contributed by atoms with Crippen molar-refractivity contribution in [3.8, 4) is 0 Å². The lowest BCUT2D eigenvalue weighted by molar-refractivity contribution is 0.0574. The Balaban J connectivity index is 2.20. The maximum absolute atomic E-state index is 12.3. The minimum Gasteiger partial charge on any atom is -0.376 e. The number of hydrogen-bond acceptors (Lipinski definition) is 3. The molecule has 0 bridgehead atoms. The maximum atomic E-state index is 12.3. The average Bonchev–Trinajstić information content (AvgIpc) is 2.77. The summed E-state index contributed by atoms with van der Waals surface area (Å²) in [6.07, 6.45) is 2.50. The first kappa shape index (κ1) is 12.8. The first-order valence-corrected chi connectivity index (χ1v) is 6.06. The van der Waals surface area contributed by atoms with Crippen LogP contribution in [0.15, 0.2) is 23.1 Å². The van der Waals surface area contributed by atoms with Crippen LogP contribution in [0.1, 0.15) is 23.7 Å². The summed E-state index contributed by atoms with van der Waals surface area (Å²) >= 11 is 0. The fourth-order valence-electron chi connectivity index (χ4n) is 2.26. The summed E-state index contributed by atoms with van der Waals surface area (Å²) in [6.45, 7) is 2.64. The van der Waals surface area contributed by atoms with E-state index in [0.29, 0.717) is 12.2 Å². The molecule has 5 nitrogen and oxygen atoms in total. The Morgan fingerprint density at radius 2 is 2.28 bits per heavy atom. The van der Waals surface area contributed by atoms with Gasteiger partial charge in [-0.2, -0.15) is 0 Å². The van der Waals surface area contributed by atoms with Gasteiger partial charge in [-0.15, -0.1) is 0 Å². The van der Waals surface area contributed by atoms with E-state index in [1.807, 2.05) is 6.92 Å². The molecule has 0 N–H and O–H groups in total. The summed E-state index contributed by atoms with van der Waals surface area (Å²) < 4.78 is 6.90. The van der Waals surface area contributed by atoms with Crippen molar-refractivity contribution in [2.45, 2.75) is 25.5 Å². The third-order valence-electron chi connectivity index (χ3n) is 3.51. The number of carbonyl (C=O) groups excluding carboxylic acids is 1. The summed E-state index contributed by atoms with van der Waals surface area (Å²) in [5.74, 6) is -0.130. The number of likely N-dealkylation sites (N-methyl/N-ethyl adjacent to an activating group) is 1. The van der Waals surface area contributed by atoms with Crippen molar-refractivity contribution < 1.29 is 9.53 Å². The quantitative estimate of drug-likeness (QED) is 0.773. The fraction of sp³-hybridized carbons (Fsp3) is 0.538. The van der Waals surface area contributed by atoms with Crippen molar-refractivity contribution in [1.29, 1.82) is 0 Å². The highest BCUT2D eigenvalue weighted by Gasteiger charge is 2.31. The van der Waals surface area contributed by atoms with Crippen molar-refractivity contribution >= 4 is 5.91 Å². The van der Waals surface area contributed by atoms with Gasteiger partial charge in [-0.3, -0.25) is 9.59 Å². The van der Waals surface area contributed by atoms with E-state index in [0.717, 1.165) is 6.42 Å². The van der Waals surface area contributed by atoms with Gasteiger partial charge in [0, 0.05) is 38.5 Å². The number of aromatic nitrogens is 1. The van der Waals surface area contributed by atoms with Gasteiger partial charge in [0.05, 0.1) is 12.1 Å². The van der Waals surface area contributed by atoms with E-state index < -0.39 is 0 Å². The van der Waals surface area contributed by atoms with Gasteiger partial charge in [0.25, 0.3) is 11.5 Å². The highest BCUT2D eigenvalue weighted by Crippen LogP contribution is 2.19. The van der Waals surface area contributed by atoms with Crippen LogP contribution < -0.4 is 5.56 Å². The Bertz CT molecular complexity index is 509. The van der Waals surface area contributed by atoms with Crippen LogP contribution in [0.4, 0.5) is 0 Å². The Hall–Kier alpha value is -1.62. The van der Waals surface area contributed by atoms with Crippen LogP contribution in [0, 0.1) is 0 Å². The van der Waals surface area contributed by atoms with Crippen LogP contribution in [-0.4, -0.2) is 41.2 Å². The van der Waals surface area contributed by atoms with Gasteiger partial charge in [0.2, 0.25) is 0 Å². The predicted octanol–water partition coefficient (Wildman–Crippen LogP) is 0.635. The molecule has 1 saturated heterocycles. The van der Waals surface area contributed by atoms with Gasteiger partial charge >= 0.3 is 0 Å². The number of rotatable bonds is 2. The molecular weight excluding hydrogens is 232 g/mol. The van der Waals surface area contributed by atoms with E-state index in [1.54, 1.807) is 31.3 Å². The molecule has 1 amide bonds. The molecule has 18 heavy (non-hydrogen) atoms. The number of carbonyl (C=O) groups is 1. The lowest BCUT2D eigenvalue weighted by atomic mass is 10.1. The summed E-state index contributed by atoms with van der Waals surface area (Å²) in [5.41, 5.74) is 0.254. The van der Waals surface area contributed by atoms with Crippen LogP contribution in [0.25, 0.3) is 0 Å². The molecule has 1 aromatic heterocycles. The predicted molar refractivity (Wildman–Crippen MR) is 67.6 cm³/mol. The van der Waals surface area contributed by atoms with E-state index in [2.05, 4.69) is 0 Å². The zero-order chi connectivity index (χ0) is 13.3. The van der Waals surface area contributed by atoms with Gasteiger partial charge in [-0.1, -0.05) is 0 Å². The van der Waals surface area contributed by atoms with Crippen LogP contribution >= 0.6 is 0 Å². The molecule has 5 heteroatoms. The standard InChI is InChI=1S/C13H18N2O3/c1-9-11(5-7-18-9)15(3)13(17)10-4-6-14(2)12(16)8-10/h4,6,8-9,11H,5,7H2,1-3H3. The van der Waals surface area contributed by atoms with Crippen molar-refractivity contribution in [2.75, 3.05) is 13.7 Å². The molecule has 1 aromatic rings. The van der Waals surface area contributed by atoms with E-state index >= 15 is 0 Å². The summed E-state index contributed by atoms with van der Waals surface area (Å²) in [7, 11) is 3.42. The fourth-order valence-corrected chi connectivity index (χ4v) is 2.26. The zero-order valence-corrected chi connectivity index (χ0v) is 10.9. The SMILES string of the molecule is CC1OCCC1N(C)C(=O)c1ccn(C)c(=O)c1. The van der Waals surface area contributed by atoms with E-state index in [-0.39, 0.29) is 23.6 Å². The molecule has 2 heterocycles. The molecule has 0 saturated carbocycles. The molecule has 1 fully saturated rings. The Labute approximate surface area is 106 Å². The van der Waals surface area contributed by atoms with Crippen LogP contribution in [-0.2, 0) is 11.8 Å². The minimum atomic E-state index is -0.176. The highest BCUT2D eigenvalue weighted by atomic mass is 16.5. The third kappa shape index (κ3) is 2.31. The van der Waals surface area contributed by atoms with Crippen LogP contribution in [0.5, 0.6) is 0 Å². The number of amides is 1. The van der Waals surface area contributed by atoms with Crippen molar-refractivity contribution in [3.05, 3.63) is 34.2 Å². The monoisotopic (exact) mass is 250 g/mol. The topological polar surface area (TPSA) is 51.5 Å². The number of pyridine rings is 1. The van der Waals surface area contributed by atoms with E-state index in [9.17, 15) is 9.59 Å². The highest BCUT2D eigenvalue weighted by molar-refractivity contribution is 5.94. The molecule has 1 aliphatic rings. The lowest BCUT2D eigenvalue weighted by Gasteiger charge is -2.26. The van der Waals surface area contributed by atoms with Gasteiger partial charge < -0.3 is 14.2 Å². The third-order valence-corrected chi connectivity index (χ3v) is 3.51.